The van der Waals surface area contributed by atoms with Crippen molar-refractivity contribution >= 4 is 11.6 Å². The fraction of sp³-hybridized carbons (Fsp3) is 0.273. The lowest BCUT2D eigenvalue weighted by molar-refractivity contribution is -0.131. The van der Waals surface area contributed by atoms with Crippen molar-refractivity contribution in [2.24, 2.45) is 0 Å². The van der Waals surface area contributed by atoms with E-state index in [2.05, 4.69) is 15.3 Å². The van der Waals surface area contributed by atoms with E-state index < -0.39 is 0 Å². The monoisotopic (exact) mass is 402 g/mol. The average Bonchev–Trinajstić information content (AvgIpc) is 3.40. The highest BCUT2D eigenvalue weighted by molar-refractivity contribution is 5.81. The van der Waals surface area contributed by atoms with Crippen LogP contribution < -0.4 is 5.56 Å². The fourth-order valence-corrected chi connectivity index (χ4v) is 4.20. The van der Waals surface area contributed by atoms with Gasteiger partial charge in [-0.3, -0.25) is 19.8 Å². The van der Waals surface area contributed by atoms with Crippen LogP contribution in [-0.2, 0) is 24.3 Å². The third-order valence-electron chi connectivity index (χ3n) is 5.85. The zero-order chi connectivity index (χ0) is 21.0. The van der Waals surface area contributed by atoms with Gasteiger partial charge in [-0.05, 0) is 26.3 Å². The second kappa shape index (κ2) is 6.69. The molecule has 1 aliphatic rings. The predicted molar refractivity (Wildman–Crippen MR) is 112 cm³/mol. The van der Waals surface area contributed by atoms with Crippen LogP contribution in [0.15, 0.2) is 35.1 Å². The van der Waals surface area contributed by atoms with E-state index in [1.807, 2.05) is 51.1 Å². The van der Waals surface area contributed by atoms with E-state index in [0.717, 1.165) is 33.8 Å². The number of aromatic nitrogens is 5. The van der Waals surface area contributed by atoms with Gasteiger partial charge in [0.1, 0.15) is 0 Å². The quantitative estimate of drug-likeness (QED) is 0.550. The third-order valence-corrected chi connectivity index (χ3v) is 5.85. The summed E-state index contributed by atoms with van der Waals surface area (Å²) in [7, 11) is 0. The van der Waals surface area contributed by atoms with E-state index in [1.165, 1.54) is 4.52 Å². The first-order chi connectivity index (χ1) is 14.4. The van der Waals surface area contributed by atoms with Gasteiger partial charge in [-0.25, -0.2) is 9.50 Å². The number of benzene rings is 1. The van der Waals surface area contributed by atoms with Crippen molar-refractivity contribution in [1.29, 1.82) is 0 Å². The van der Waals surface area contributed by atoms with Gasteiger partial charge in [0.25, 0.3) is 5.56 Å². The smallest absolute Gasteiger partial charge is 0.278 e. The van der Waals surface area contributed by atoms with Crippen LogP contribution in [0.2, 0.25) is 0 Å². The molecule has 152 valence electrons. The summed E-state index contributed by atoms with van der Waals surface area (Å²) in [6.07, 6.45) is 0.260. The van der Waals surface area contributed by atoms with Crippen LogP contribution in [0, 0.1) is 20.8 Å². The first-order valence-corrected chi connectivity index (χ1v) is 9.90. The number of carbonyl (C=O) groups is 1. The molecule has 4 aromatic rings. The maximum Gasteiger partial charge on any atom is 0.278 e. The maximum absolute atomic E-state index is 13.1. The molecule has 8 nitrogen and oxygen atoms in total. The zero-order valence-corrected chi connectivity index (χ0v) is 17.1. The Morgan fingerprint density at radius 1 is 1.10 bits per heavy atom. The van der Waals surface area contributed by atoms with E-state index >= 15 is 0 Å². The van der Waals surface area contributed by atoms with Gasteiger partial charge >= 0.3 is 0 Å². The van der Waals surface area contributed by atoms with Crippen LogP contribution in [0.4, 0.5) is 0 Å². The first kappa shape index (κ1) is 18.4. The molecule has 4 heterocycles. The highest BCUT2D eigenvalue weighted by Gasteiger charge is 2.30. The van der Waals surface area contributed by atoms with Crippen molar-refractivity contribution in [2.75, 3.05) is 0 Å². The maximum atomic E-state index is 13.1. The van der Waals surface area contributed by atoms with Gasteiger partial charge in [0.15, 0.2) is 5.65 Å². The van der Waals surface area contributed by atoms with E-state index in [4.69, 9.17) is 4.98 Å². The average molecular weight is 402 g/mol. The largest absolute Gasteiger partial charge is 0.332 e. The number of carbonyl (C=O) groups excluding carboxylic acids is 1. The number of nitrogens with one attached hydrogen (secondary N) is 2. The van der Waals surface area contributed by atoms with Crippen molar-refractivity contribution in [3.63, 3.8) is 0 Å². The van der Waals surface area contributed by atoms with Gasteiger partial charge in [-0.15, -0.1) is 0 Å². The second-order valence-electron chi connectivity index (χ2n) is 7.82. The molecule has 0 unspecified atom stereocenters. The number of H-pyrrole nitrogens is 2. The Balaban J connectivity index is 1.52. The summed E-state index contributed by atoms with van der Waals surface area (Å²) in [5, 5.41) is 10.2. The second-order valence-corrected chi connectivity index (χ2v) is 7.82. The van der Waals surface area contributed by atoms with Gasteiger partial charge < -0.3 is 4.90 Å². The van der Waals surface area contributed by atoms with Crippen molar-refractivity contribution < 1.29 is 4.79 Å². The Morgan fingerprint density at radius 3 is 2.57 bits per heavy atom. The molecule has 3 aromatic heterocycles. The molecule has 0 saturated heterocycles. The lowest BCUT2D eigenvalue weighted by atomic mass is 10.1. The Labute approximate surface area is 172 Å². The molecule has 30 heavy (non-hydrogen) atoms. The Morgan fingerprint density at radius 2 is 1.87 bits per heavy atom. The molecular formula is C22H22N6O2. The zero-order valence-electron chi connectivity index (χ0n) is 17.1. The van der Waals surface area contributed by atoms with Gasteiger partial charge in [-0.2, -0.15) is 5.10 Å². The van der Waals surface area contributed by atoms with Crippen LogP contribution in [0.3, 0.4) is 0 Å². The number of fused-ring (bicyclic) bond motifs is 2. The molecule has 0 saturated carbocycles. The fourth-order valence-electron chi connectivity index (χ4n) is 4.20. The number of rotatable bonds is 3. The van der Waals surface area contributed by atoms with Crippen molar-refractivity contribution in [3.8, 4) is 11.1 Å². The SMILES string of the molecule is Cc1n[nH]c(C)c1CC(=O)N1Cc2nc3c(-c4ccccc4)c(C)[nH]n3c(=O)c2C1. The normalized spacial score (nSPS) is 13.2. The van der Waals surface area contributed by atoms with E-state index in [-0.39, 0.29) is 24.4 Å². The minimum absolute atomic E-state index is 0.0341. The molecule has 0 atom stereocenters. The number of nitrogens with zero attached hydrogens (tertiary/aromatic N) is 4. The molecule has 0 aliphatic carbocycles. The summed E-state index contributed by atoms with van der Waals surface area (Å²) in [5.74, 6) is -0.0341. The summed E-state index contributed by atoms with van der Waals surface area (Å²) in [6.45, 7) is 6.35. The molecule has 1 aromatic carbocycles. The Bertz CT molecular complexity index is 1330. The molecule has 0 radical (unpaired) electrons. The Hall–Kier alpha value is -3.68. The lowest BCUT2D eigenvalue weighted by Gasteiger charge is -2.14. The van der Waals surface area contributed by atoms with E-state index in [0.29, 0.717) is 23.4 Å². The van der Waals surface area contributed by atoms with Gasteiger partial charge in [-0.1, -0.05) is 30.3 Å². The van der Waals surface area contributed by atoms with Crippen LogP contribution in [0.25, 0.3) is 16.8 Å². The minimum atomic E-state index is -0.147. The Kier molecular flexibility index (Phi) is 4.09. The van der Waals surface area contributed by atoms with Crippen LogP contribution in [0.5, 0.6) is 0 Å². The van der Waals surface area contributed by atoms with Gasteiger partial charge in [0.2, 0.25) is 5.91 Å². The van der Waals surface area contributed by atoms with Crippen LogP contribution in [0.1, 0.15) is 33.9 Å². The molecule has 1 aliphatic heterocycles. The molecule has 5 rings (SSSR count). The molecule has 2 N–H and O–H groups in total. The van der Waals surface area contributed by atoms with Crippen molar-refractivity contribution in [3.05, 3.63) is 74.6 Å². The van der Waals surface area contributed by atoms with Gasteiger partial charge in [0, 0.05) is 22.5 Å². The summed E-state index contributed by atoms with van der Waals surface area (Å²) in [5.41, 5.74) is 7.11. The van der Waals surface area contributed by atoms with E-state index in [1.54, 1.807) is 4.90 Å². The third kappa shape index (κ3) is 2.75. The molecule has 0 spiro atoms. The number of hydrogen-bond donors (Lipinski definition) is 2. The summed E-state index contributed by atoms with van der Waals surface area (Å²) < 4.78 is 1.49. The number of amides is 1. The predicted octanol–water partition coefficient (Wildman–Crippen LogP) is 2.42. The number of aromatic amines is 2. The first-order valence-electron chi connectivity index (χ1n) is 9.90. The van der Waals surface area contributed by atoms with Crippen molar-refractivity contribution in [1.82, 2.24) is 29.7 Å². The molecule has 1 amide bonds. The lowest BCUT2D eigenvalue weighted by Crippen LogP contribution is -2.28. The van der Waals surface area contributed by atoms with Gasteiger partial charge in [0.05, 0.1) is 36.5 Å². The molecule has 0 fully saturated rings. The van der Waals surface area contributed by atoms with Crippen LogP contribution >= 0.6 is 0 Å². The highest BCUT2D eigenvalue weighted by atomic mass is 16.2. The van der Waals surface area contributed by atoms with E-state index in [9.17, 15) is 9.59 Å². The molecule has 8 heteroatoms. The molecule has 0 bridgehead atoms. The summed E-state index contributed by atoms with van der Waals surface area (Å²) in [4.78, 5) is 32.6. The number of hydrogen-bond acceptors (Lipinski definition) is 4. The van der Waals surface area contributed by atoms with Crippen LogP contribution in [-0.4, -0.2) is 35.6 Å². The molecular weight excluding hydrogens is 380 g/mol. The van der Waals surface area contributed by atoms with Crippen molar-refractivity contribution in [2.45, 2.75) is 40.3 Å². The highest BCUT2D eigenvalue weighted by Crippen LogP contribution is 2.28. The topological polar surface area (TPSA) is 99.2 Å². The standard InChI is InChI=1S/C22H22N6O2/c1-12-16(13(2)25-24-12)9-19(29)27-10-17-18(11-27)23-21-20(15-7-5-4-6-8-15)14(3)26-28(21)22(17)30/h4-8,26H,9-11H2,1-3H3,(H,24,25). The summed E-state index contributed by atoms with van der Waals surface area (Å²) in [6, 6.07) is 9.88. The minimum Gasteiger partial charge on any atom is -0.332 e. The summed E-state index contributed by atoms with van der Waals surface area (Å²) >= 11 is 0. The number of aryl methyl sites for hydroxylation is 3.